The Balaban J connectivity index is 2.11. The van der Waals surface area contributed by atoms with Crippen molar-refractivity contribution in [2.24, 2.45) is 0 Å². The van der Waals surface area contributed by atoms with Crippen molar-refractivity contribution in [2.45, 2.75) is 57.9 Å². The average Bonchev–Trinajstić information content (AvgIpc) is 2.43. The minimum atomic E-state index is 0.334. The molecule has 0 aromatic rings. The number of amides is 1. The molecule has 0 bridgehead atoms. The maximum Gasteiger partial charge on any atom is 0.222 e. The van der Waals surface area contributed by atoms with Crippen LogP contribution in [0.4, 0.5) is 0 Å². The average molecular weight is 183 g/mol. The fraction of sp³-hybridized carbons (Fsp3) is 0.909. The molecule has 0 saturated carbocycles. The standard InChI is InChI=1S/C11H21NO/c1-3-4-5-6-7-10-8-9-11(13)12(10)2/h10H,3-9H2,1-2H3/t10-/m1/s1. The first-order chi connectivity index (χ1) is 6.25. The fourth-order valence-electron chi connectivity index (χ4n) is 2.01. The summed E-state index contributed by atoms with van der Waals surface area (Å²) in [6.45, 7) is 2.23. The van der Waals surface area contributed by atoms with Crippen LogP contribution >= 0.6 is 0 Å². The van der Waals surface area contributed by atoms with Crippen LogP contribution in [0.1, 0.15) is 51.9 Å². The van der Waals surface area contributed by atoms with Gasteiger partial charge >= 0.3 is 0 Å². The molecule has 2 nitrogen and oxygen atoms in total. The van der Waals surface area contributed by atoms with Gasteiger partial charge in [0, 0.05) is 19.5 Å². The van der Waals surface area contributed by atoms with Crippen LogP contribution in [-0.4, -0.2) is 23.9 Å². The Hall–Kier alpha value is -0.530. The summed E-state index contributed by atoms with van der Waals surface area (Å²) >= 11 is 0. The third kappa shape index (κ3) is 3.02. The van der Waals surface area contributed by atoms with E-state index in [2.05, 4.69) is 6.92 Å². The first-order valence-electron chi connectivity index (χ1n) is 5.51. The third-order valence-electron chi connectivity index (χ3n) is 3.02. The van der Waals surface area contributed by atoms with Crippen molar-refractivity contribution in [1.29, 1.82) is 0 Å². The highest BCUT2D eigenvalue weighted by molar-refractivity contribution is 5.78. The molecule has 0 aromatic carbocycles. The summed E-state index contributed by atoms with van der Waals surface area (Å²) in [5, 5.41) is 0. The van der Waals surface area contributed by atoms with Crippen molar-refractivity contribution in [3.8, 4) is 0 Å². The molecule has 0 spiro atoms. The summed E-state index contributed by atoms with van der Waals surface area (Å²) in [4.78, 5) is 13.1. The lowest BCUT2D eigenvalue weighted by molar-refractivity contribution is -0.127. The fourth-order valence-corrected chi connectivity index (χ4v) is 2.01. The van der Waals surface area contributed by atoms with Crippen LogP contribution in [0.5, 0.6) is 0 Å². The third-order valence-corrected chi connectivity index (χ3v) is 3.02. The Kier molecular flexibility index (Phi) is 4.26. The van der Waals surface area contributed by atoms with E-state index in [0.29, 0.717) is 11.9 Å². The van der Waals surface area contributed by atoms with Gasteiger partial charge in [-0.3, -0.25) is 4.79 Å². The first kappa shape index (κ1) is 10.6. The van der Waals surface area contributed by atoms with Crippen LogP contribution in [0.3, 0.4) is 0 Å². The zero-order valence-electron chi connectivity index (χ0n) is 8.88. The van der Waals surface area contributed by atoms with Gasteiger partial charge in [-0.2, -0.15) is 0 Å². The van der Waals surface area contributed by atoms with E-state index in [-0.39, 0.29) is 0 Å². The van der Waals surface area contributed by atoms with Crippen LogP contribution in [0.15, 0.2) is 0 Å². The Morgan fingerprint density at radius 3 is 2.69 bits per heavy atom. The van der Waals surface area contributed by atoms with Crippen molar-refractivity contribution in [2.75, 3.05) is 7.05 Å². The summed E-state index contributed by atoms with van der Waals surface area (Å²) in [6.07, 6.45) is 8.31. The number of hydrogen-bond acceptors (Lipinski definition) is 1. The van der Waals surface area contributed by atoms with Gasteiger partial charge in [-0.05, 0) is 12.8 Å². The highest BCUT2D eigenvalue weighted by Crippen LogP contribution is 2.21. The number of likely N-dealkylation sites (tertiary alicyclic amines) is 1. The Morgan fingerprint density at radius 1 is 1.38 bits per heavy atom. The molecule has 1 amide bonds. The predicted octanol–water partition coefficient (Wildman–Crippen LogP) is 2.58. The zero-order valence-corrected chi connectivity index (χ0v) is 8.88. The van der Waals surface area contributed by atoms with E-state index in [0.717, 1.165) is 12.8 Å². The molecule has 13 heavy (non-hydrogen) atoms. The topological polar surface area (TPSA) is 20.3 Å². The maximum absolute atomic E-state index is 11.2. The van der Waals surface area contributed by atoms with E-state index in [1.807, 2.05) is 11.9 Å². The van der Waals surface area contributed by atoms with Gasteiger partial charge in [0.1, 0.15) is 0 Å². The molecule has 76 valence electrons. The molecule has 1 aliphatic rings. The van der Waals surface area contributed by atoms with Gasteiger partial charge in [-0.15, -0.1) is 0 Å². The normalized spacial score (nSPS) is 22.8. The zero-order chi connectivity index (χ0) is 9.68. The van der Waals surface area contributed by atoms with E-state index < -0.39 is 0 Å². The number of carbonyl (C=O) groups is 1. The molecule has 1 saturated heterocycles. The molecular weight excluding hydrogens is 162 g/mol. The molecule has 1 fully saturated rings. The van der Waals surface area contributed by atoms with Gasteiger partial charge in [0.25, 0.3) is 0 Å². The lowest BCUT2D eigenvalue weighted by Gasteiger charge is -2.19. The highest BCUT2D eigenvalue weighted by atomic mass is 16.2. The molecule has 0 radical (unpaired) electrons. The second-order valence-corrected chi connectivity index (χ2v) is 4.05. The van der Waals surface area contributed by atoms with E-state index in [1.54, 1.807) is 0 Å². The van der Waals surface area contributed by atoms with Gasteiger partial charge in [-0.25, -0.2) is 0 Å². The van der Waals surface area contributed by atoms with Gasteiger partial charge in [0.15, 0.2) is 0 Å². The van der Waals surface area contributed by atoms with Crippen molar-refractivity contribution >= 4 is 5.91 Å². The van der Waals surface area contributed by atoms with Gasteiger partial charge in [-0.1, -0.05) is 32.6 Å². The largest absolute Gasteiger partial charge is 0.343 e. The number of unbranched alkanes of at least 4 members (excludes halogenated alkanes) is 3. The molecule has 0 aliphatic carbocycles. The van der Waals surface area contributed by atoms with E-state index in [9.17, 15) is 4.79 Å². The van der Waals surface area contributed by atoms with Crippen molar-refractivity contribution in [3.05, 3.63) is 0 Å². The Labute approximate surface area is 81.3 Å². The Bertz CT molecular complexity index is 167. The quantitative estimate of drug-likeness (QED) is 0.600. The Morgan fingerprint density at radius 2 is 2.15 bits per heavy atom. The van der Waals surface area contributed by atoms with Gasteiger partial charge < -0.3 is 4.90 Å². The minimum absolute atomic E-state index is 0.334. The summed E-state index contributed by atoms with van der Waals surface area (Å²) < 4.78 is 0. The maximum atomic E-state index is 11.2. The smallest absolute Gasteiger partial charge is 0.222 e. The van der Waals surface area contributed by atoms with Crippen LogP contribution < -0.4 is 0 Å². The second kappa shape index (κ2) is 5.25. The highest BCUT2D eigenvalue weighted by Gasteiger charge is 2.26. The molecule has 1 heterocycles. The van der Waals surface area contributed by atoms with Crippen LogP contribution in [0, 0.1) is 0 Å². The summed E-state index contributed by atoms with van der Waals surface area (Å²) in [6, 6.07) is 0.546. The van der Waals surface area contributed by atoms with Crippen molar-refractivity contribution in [1.82, 2.24) is 4.90 Å². The predicted molar refractivity (Wildman–Crippen MR) is 54.6 cm³/mol. The van der Waals surface area contributed by atoms with E-state index >= 15 is 0 Å². The van der Waals surface area contributed by atoms with Crippen LogP contribution in [-0.2, 0) is 4.79 Å². The van der Waals surface area contributed by atoms with E-state index in [4.69, 9.17) is 0 Å². The van der Waals surface area contributed by atoms with Crippen molar-refractivity contribution < 1.29 is 4.79 Å². The second-order valence-electron chi connectivity index (χ2n) is 4.05. The lowest BCUT2D eigenvalue weighted by atomic mass is 10.1. The molecular formula is C11H21NO. The summed E-state index contributed by atoms with van der Waals surface area (Å²) in [5.41, 5.74) is 0. The monoisotopic (exact) mass is 183 g/mol. The first-order valence-corrected chi connectivity index (χ1v) is 5.51. The van der Waals surface area contributed by atoms with Crippen LogP contribution in [0.25, 0.3) is 0 Å². The molecule has 1 atom stereocenters. The molecule has 1 rings (SSSR count). The summed E-state index contributed by atoms with van der Waals surface area (Å²) in [5.74, 6) is 0.334. The molecule has 0 aromatic heterocycles. The van der Waals surface area contributed by atoms with Crippen molar-refractivity contribution in [3.63, 3.8) is 0 Å². The molecule has 0 N–H and O–H groups in total. The number of nitrogens with zero attached hydrogens (tertiary/aromatic N) is 1. The van der Waals surface area contributed by atoms with Gasteiger partial charge in [0.05, 0.1) is 0 Å². The molecule has 0 unspecified atom stereocenters. The minimum Gasteiger partial charge on any atom is -0.343 e. The van der Waals surface area contributed by atoms with Crippen LogP contribution in [0.2, 0.25) is 0 Å². The lowest BCUT2D eigenvalue weighted by Crippen LogP contribution is -2.28. The number of hydrogen-bond donors (Lipinski definition) is 0. The number of rotatable bonds is 5. The summed E-state index contributed by atoms with van der Waals surface area (Å²) in [7, 11) is 1.94. The molecule has 2 heteroatoms. The van der Waals surface area contributed by atoms with E-state index in [1.165, 1.54) is 32.1 Å². The SMILES string of the molecule is CCCCCC[C@@H]1CCC(=O)N1C. The molecule has 1 aliphatic heterocycles. The number of carbonyl (C=O) groups excluding carboxylic acids is 1. The van der Waals surface area contributed by atoms with Gasteiger partial charge in [0.2, 0.25) is 5.91 Å².